The van der Waals surface area contributed by atoms with Crippen molar-refractivity contribution in [3.05, 3.63) is 59.7 Å². The van der Waals surface area contributed by atoms with Crippen molar-refractivity contribution in [3.8, 4) is 11.5 Å². The van der Waals surface area contributed by atoms with Crippen molar-refractivity contribution >= 4 is 23.8 Å². The molecular weight excluding hydrogens is 897 g/mol. The van der Waals surface area contributed by atoms with Gasteiger partial charge in [0.2, 0.25) is 11.8 Å². The maximum atomic E-state index is 12.3. The molecule has 1 heterocycles. The summed E-state index contributed by atoms with van der Waals surface area (Å²) in [6.45, 7) is 17.1. The van der Waals surface area contributed by atoms with Crippen LogP contribution in [0.25, 0.3) is 0 Å². The number of hydrogen-bond donors (Lipinski definition) is 2. The second kappa shape index (κ2) is 41.6. The van der Waals surface area contributed by atoms with Gasteiger partial charge in [0.15, 0.2) is 0 Å². The molecule has 0 bridgehead atoms. The van der Waals surface area contributed by atoms with E-state index in [1.165, 1.54) is 38.5 Å². The first-order chi connectivity index (χ1) is 34.3. The molecule has 0 spiro atoms. The number of unbranched alkanes of at least 4 members (excludes halogenated alkanes) is 10. The molecule has 1 saturated heterocycles. The Morgan fingerprint density at radius 3 is 1.09 bits per heavy atom. The van der Waals surface area contributed by atoms with Crippen LogP contribution in [0, 0.1) is 0 Å². The zero-order valence-electron chi connectivity index (χ0n) is 42.9. The smallest absolute Gasteiger partial charge is 0.311 e. The Morgan fingerprint density at radius 1 is 0.414 bits per heavy atom. The number of carbonyl (C=O) groups excluding carboxylic acids is 4. The van der Waals surface area contributed by atoms with Crippen LogP contribution in [0.1, 0.15) is 115 Å². The molecule has 3 rings (SSSR count). The van der Waals surface area contributed by atoms with Gasteiger partial charge in [-0.1, -0.05) is 102 Å². The van der Waals surface area contributed by atoms with Gasteiger partial charge in [-0.3, -0.25) is 29.0 Å². The van der Waals surface area contributed by atoms with Gasteiger partial charge in [-0.15, -0.1) is 0 Å². The van der Waals surface area contributed by atoms with Crippen LogP contribution >= 0.6 is 0 Å². The zero-order valence-corrected chi connectivity index (χ0v) is 42.9. The van der Waals surface area contributed by atoms with Crippen molar-refractivity contribution in [1.82, 2.24) is 20.4 Å². The number of amides is 2. The number of nitrogens with one attached hydrogen (secondary N) is 2. The fraction of sp³-hybridized carbons (Fsp3) is 0.704. The summed E-state index contributed by atoms with van der Waals surface area (Å²) in [5.41, 5.74) is 1.69. The van der Waals surface area contributed by atoms with Gasteiger partial charge in [0.05, 0.1) is 92.1 Å². The molecule has 0 unspecified atom stereocenters. The number of carbonyl (C=O) groups is 4. The summed E-state index contributed by atoms with van der Waals surface area (Å²) in [6.07, 6.45) is 14.8. The van der Waals surface area contributed by atoms with Crippen LogP contribution in [0.2, 0.25) is 0 Å². The summed E-state index contributed by atoms with van der Waals surface area (Å²) in [6, 6.07) is 14.2. The Labute approximate surface area is 419 Å². The maximum Gasteiger partial charge on any atom is 0.311 e. The fourth-order valence-corrected chi connectivity index (χ4v) is 7.54. The van der Waals surface area contributed by atoms with Gasteiger partial charge in [0, 0.05) is 65.2 Å². The third kappa shape index (κ3) is 32.8. The van der Waals surface area contributed by atoms with Gasteiger partial charge in [-0.2, -0.15) is 0 Å². The molecule has 1 aliphatic rings. The number of nitrogens with zero attached hydrogens (tertiary/aromatic N) is 2. The standard InChI is InChI=1S/C54H88N4O12/c1-3-5-7-9-11-13-15-53(61)69-49-21-17-47(18-22-49)45-51(59)55-25-33-63-37-41-67-43-39-65-35-31-57-27-29-58(30-28-57)32-36-66-40-44-68-42-38-64-34-26-56-52(60)46-48-19-23-50(24-20-48)70-54(62)16-14-12-10-8-6-4-2/h17-24H,3-16,25-46H2,1-2H3,(H,55,59)(H,56,60). The molecule has 1 fully saturated rings. The Hall–Kier alpha value is -4.00. The highest BCUT2D eigenvalue weighted by atomic mass is 16.6. The minimum atomic E-state index is -0.215. The summed E-state index contributed by atoms with van der Waals surface area (Å²) in [4.78, 5) is 53.7. The van der Waals surface area contributed by atoms with Gasteiger partial charge < -0.3 is 48.5 Å². The molecule has 70 heavy (non-hydrogen) atoms. The van der Waals surface area contributed by atoms with Crippen molar-refractivity contribution in [2.75, 3.05) is 132 Å². The van der Waals surface area contributed by atoms with E-state index in [0.29, 0.717) is 117 Å². The molecule has 0 aliphatic carbocycles. The van der Waals surface area contributed by atoms with E-state index in [2.05, 4.69) is 34.3 Å². The number of ether oxygens (including phenoxy) is 8. The first-order valence-electron chi connectivity index (χ1n) is 26.4. The topological polar surface area (TPSA) is 173 Å². The zero-order chi connectivity index (χ0) is 50.0. The summed E-state index contributed by atoms with van der Waals surface area (Å²) in [7, 11) is 0. The monoisotopic (exact) mass is 985 g/mol. The Kier molecular flexibility index (Phi) is 35.8. The molecular formula is C54H88N4O12. The lowest BCUT2D eigenvalue weighted by Crippen LogP contribution is -2.48. The first kappa shape index (κ1) is 60.3. The maximum absolute atomic E-state index is 12.3. The third-order valence-electron chi connectivity index (χ3n) is 11.7. The van der Waals surface area contributed by atoms with Gasteiger partial charge in [-0.25, -0.2) is 0 Å². The molecule has 396 valence electrons. The van der Waals surface area contributed by atoms with Gasteiger partial charge in [-0.05, 0) is 48.2 Å². The van der Waals surface area contributed by atoms with Gasteiger partial charge in [0.25, 0.3) is 0 Å². The minimum Gasteiger partial charge on any atom is -0.427 e. The van der Waals surface area contributed by atoms with Crippen LogP contribution in [0.4, 0.5) is 0 Å². The normalized spacial score (nSPS) is 13.1. The predicted molar refractivity (Wildman–Crippen MR) is 271 cm³/mol. The van der Waals surface area contributed by atoms with Crippen molar-refractivity contribution in [2.45, 2.75) is 117 Å². The number of piperazine rings is 1. The van der Waals surface area contributed by atoms with E-state index in [4.69, 9.17) is 37.9 Å². The van der Waals surface area contributed by atoms with E-state index >= 15 is 0 Å². The molecule has 0 aromatic heterocycles. The SMILES string of the molecule is CCCCCCCCC(=O)Oc1ccc(CC(=O)NCCOCCOCCOCCN2CCN(CCOCCOCCOCCNC(=O)Cc3ccc(OC(=O)CCCCCCCC)cc3)CC2)cc1. The third-order valence-corrected chi connectivity index (χ3v) is 11.7. The lowest BCUT2D eigenvalue weighted by Gasteiger charge is -2.34. The highest BCUT2D eigenvalue weighted by molar-refractivity contribution is 5.79. The minimum absolute atomic E-state index is 0.0920. The fourth-order valence-electron chi connectivity index (χ4n) is 7.54. The largest absolute Gasteiger partial charge is 0.427 e. The summed E-state index contributed by atoms with van der Waals surface area (Å²) >= 11 is 0. The van der Waals surface area contributed by atoms with Crippen molar-refractivity contribution in [1.29, 1.82) is 0 Å². The lowest BCUT2D eigenvalue weighted by atomic mass is 10.1. The first-order valence-corrected chi connectivity index (χ1v) is 26.4. The highest BCUT2D eigenvalue weighted by Crippen LogP contribution is 2.16. The molecule has 0 atom stereocenters. The predicted octanol–water partition coefficient (Wildman–Crippen LogP) is 6.73. The van der Waals surface area contributed by atoms with E-state index in [9.17, 15) is 19.2 Å². The van der Waals surface area contributed by atoms with Crippen molar-refractivity contribution in [2.24, 2.45) is 0 Å². The molecule has 16 nitrogen and oxygen atoms in total. The molecule has 2 aromatic rings. The van der Waals surface area contributed by atoms with Crippen molar-refractivity contribution in [3.63, 3.8) is 0 Å². The average molecular weight is 985 g/mol. The summed E-state index contributed by atoms with van der Waals surface area (Å²) in [5, 5.41) is 5.74. The number of hydrogen-bond acceptors (Lipinski definition) is 14. The summed E-state index contributed by atoms with van der Waals surface area (Å²) < 4.78 is 44.8. The average Bonchev–Trinajstić information content (AvgIpc) is 3.36. The Bertz CT molecular complexity index is 1510. The van der Waals surface area contributed by atoms with E-state index in [1.807, 2.05) is 24.3 Å². The van der Waals surface area contributed by atoms with E-state index in [1.54, 1.807) is 24.3 Å². The number of esters is 2. The summed E-state index contributed by atoms with van der Waals surface area (Å²) in [5.74, 6) is 0.392. The van der Waals surface area contributed by atoms with Crippen LogP contribution < -0.4 is 20.1 Å². The van der Waals surface area contributed by atoms with Crippen LogP contribution in [0.5, 0.6) is 11.5 Å². The molecule has 16 heteroatoms. The Morgan fingerprint density at radius 2 is 0.729 bits per heavy atom. The molecule has 2 N–H and O–H groups in total. The molecule has 1 aliphatic heterocycles. The molecule has 0 saturated carbocycles. The van der Waals surface area contributed by atoms with Crippen LogP contribution in [0.3, 0.4) is 0 Å². The number of benzene rings is 2. The van der Waals surface area contributed by atoms with Crippen LogP contribution in [-0.4, -0.2) is 165 Å². The van der Waals surface area contributed by atoms with E-state index < -0.39 is 0 Å². The Balaban J connectivity index is 1.01. The quantitative estimate of drug-likeness (QED) is 0.0407. The molecule has 2 aromatic carbocycles. The second-order valence-corrected chi connectivity index (χ2v) is 17.7. The molecule has 2 amide bonds. The van der Waals surface area contributed by atoms with Gasteiger partial charge >= 0.3 is 11.9 Å². The highest BCUT2D eigenvalue weighted by Gasteiger charge is 2.16. The van der Waals surface area contributed by atoms with E-state index in [0.717, 1.165) is 88.9 Å². The molecule has 0 radical (unpaired) electrons. The van der Waals surface area contributed by atoms with Gasteiger partial charge in [0.1, 0.15) is 11.5 Å². The van der Waals surface area contributed by atoms with Crippen LogP contribution in [-0.2, 0) is 60.4 Å². The van der Waals surface area contributed by atoms with Crippen molar-refractivity contribution < 1.29 is 57.1 Å². The number of rotatable bonds is 44. The van der Waals surface area contributed by atoms with E-state index in [-0.39, 0.29) is 36.6 Å². The lowest BCUT2D eigenvalue weighted by molar-refractivity contribution is -0.135. The second-order valence-electron chi connectivity index (χ2n) is 17.7. The van der Waals surface area contributed by atoms with Crippen LogP contribution in [0.15, 0.2) is 48.5 Å².